The summed E-state index contributed by atoms with van der Waals surface area (Å²) in [6.07, 6.45) is -0.273. The molecular weight excluding hydrogens is 524 g/mol. The number of nitrogens with zero attached hydrogens (tertiary/aromatic N) is 3. The Kier molecular flexibility index (Phi) is 8.49. The maximum absolute atomic E-state index is 13.6. The molecule has 0 aliphatic heterocycles. The Bertz CT molecular complexity index is 1580. The van der Waals surface area contributed by atoms with E-state index in [1.165, 1.54) is 11.8 Å². The van der Waals surface area contributed by atoms with E-state index in [0.717, 1.165) is 33.4 Å². The number of nitrogens with one attached hydrogen (secondary N) is 2. The van der Waals surface area contributed by atoms with Crippen LogP contribution in [0.4, 0.5) is 0 Å². The Labute approximate surface area is 236 Å². The number of aromatic nitrogens is 4. The van der Waals surface area contributed by atoms with Gasteiger partial charge in [-0.15, -0.1) is 10.2 Å². The van der Waals surface area contributed by atoms with Crippen LogP contribution in [0, 0.1) is 6.92 Å². The Balaban J connectivity index is 1.51. The van der Waals surface area contributed by atoms with Crippen LogP contribution in [-0.2, 0) is 17.6 Å². The average molecular weight is 557 g/mol. The second kappa shape index (κ2) is 12.4. The fraction of sp³-hybridized carbons (Fsp3) is 0.233. The minimum atomic E-state index is -1.01. The zero-order valence-electron chi connectivity index (χ0n) is 22.4. The van der Waals surface area contributed by atoms with Gasteiger partial charge in [0.25, 0.3) is 0 Å². The number of rotatable bonds is 11. The number of fused-ring (bicyclic) bond motifs is 1. The zero-order chi connectivity index (χ0) is 28.1. The highest BCUT2D eigenvalue weighted by atomic mass is 32.2. The molecule has 206 valence electrons. The van der Waals surface area contributed by atoms with Crippen molar-refractivity contribution in [1.29, 1.82) is 0 Å². The lowest BCUT2D eigenvalue weighted by Crippen LogP contribution is -2.33. The third kappa shape index (κ3) is 6.20. The van der Waals surface area contributed by atoms with E-state index in [0.29, 0.717) is 23.2 Å². The summed E-state index contributed by atoms with van der Waals surface area (Å²) < 4.78 is 7.24. The molecule has 5 N–H and O–H groups in total. The van der Waals surface area contributed by atoms with Gasteiger partial charge in [0.05, 0.1) is 19.6 Å². The summed E-state index contributed by atoms with van der Waals surface area (Å²) in [4.78, 5) is 17.0. The second-order valence-corrected chi connectivity index (χ2v) is 10.5. The minimum absolute atomic E-state index is 0.121. The summed E-state index contributed by atoms with van der Waals surface area (Å²) in [7, 11) is 1.62. The van der Waals surface area contributed by atoms with Gasteiger partial charge in [-0.2, -0.15) is 0 Å². The van der Waals surface area contributed by atoms with Gasteiger partial charge in [0.1, 0.15) is 12.0 Å². The van der Waals surface area contributed by atoms with Crippen molar-refractivity contribution in [3.63, 3.8) is 0 Å². The molecule has 1 amide bonds. The maximum Gasteiger partial charge on any atom is 0.225 e. The van der Waals surface area contributed by atoms with Crippen LogP contribution in [0.5, 0.6) is 5.75 Å². The molecule has 5 rings (SSSR count). The molecular formula is C30H32N6O3S. The molecule has 2 heterocycles. The standard InChI is InChI=1S/C30H32N6O3S/c1-19-24(23-10-6-7-11-25(23)32-19)17-28(38)33-26(16-20-8-4-3-5-9-20)29-34-35-30(40-18-27(31)37)36(29)21-12-14-22(39-2)15-13-21/h3-15,26-27,32,37H,16-18,31H2,1-2H3,(H,33,38)/t26-,27-/m0/s1. The molecule has 0 fully saturated rings. The van der Waals surface area contributed by atoms with Gasteiger partial charge < -0.3 is 25.9 Å². The molecule has 5 aromatic rings. The summed E-state index contributed by atoms with van der Waals surface area (Å²) in [6, 6.07) is 25.0. The first-order chi connectivity index (χ1) is 19.4. The van der Waals surface area contributed by atoms with Gasteiger partial charge in [-0.05, 0) is 54.8 Å². The number of para-hydroxylation sites is 1. The largest absolute Gasteiger partial charge is 0.497 e. The molecule has 2 atom stereocenters. The first kappa shape index (κ1) is 27.4. The summed E-state index contributed by atoms with van der Waals surface area (Å²) >= 11 is 1.30. The van der Waals surface area contributed by atoms with Gasteiger partial charge >= 0.3 is 0 Å². The summed E-state index contributed by atoms with van der Waals surface area (Å²) in [6.45, 7) is 1.99. The number of aliphatic hydroxyl groups is 1. The maximum atomic E-state index is 13.6. The van der Waals surface area contributed by atoms with Crippen LogP contribution in [0.2, 0.25) is 0 Å². The van der Waals surface area contributed by atoms with Crippen LogP contribution >= 0.6 is 11.8 Å². The molecule has 3 aromatic carbocycles. The van der Waals surface area contributed by atoms with E-state index < -0.39 is 12.3 Å². The van der Waals surface area contributed by atoms with Gasteiger partial charge in [0.15, 0.2) is 11.0 Å². The molecule has 0 saturated carbocycles. The van der Waals surface area contributed by atoms with Gasteiger partial charge in [-0.1, -0.05) is 60.3 Å². The fourth-order valence-corrected chi connectivity index (χ4v) is 5.51. The lowest BCUT2D eigenvalue weighted by Gasteiger charge is -2.20. The Morgan fingerprint density at radius 3 is 2.52 bits per heavy atom. The molecule has 9 nitrogen and oxygen atoms in total. The Hall–Kier alpha value is -4.12. The van der Waals surface area contributed by atoms with Crippen LogP contribution in [0.15, 0.2) is 84.0 Å². The van der Waals surface area contributed by atoms with Gasteiger partial charge in [-0.3, -0.25) is 9.36 Å². The molecule has 0 unspecified atom stereocenters. The third-order valence-corrected chi connectivity index (χ3v) is 7.70. The van der Waals surface area contributed by atoms with Crippen molar-refractivity contribution >= 4 is 28.6 Å². The summed E-state index contributed by atoms with van der Waals surface area (Å²) in [5.74, 6) is 1.41. The van der Waals surface area contributed by atoms with E-state index in [9.17, 15) is 9.90 Å². The van der Waals surface area contributed by atoms with Crippen molar-refractivity contribution in [1.82, 2.24) is 25.1 Å². The number of carbonyl (C=O) groups is 1. The molecule has 0 saturated heterocycles. The highest BCUT2D eigenvalue weighted by Crippen LogP contribution is 2.29. The molecule has 0 bridgehead atoms. The van der Waals surface area contributed by atoms with Crippen molar-refractivity contribution in [3.8, 4) is 11.4 Å². The van der Waals surface area contributed by atoms with Gasteiger partial charge in [0, 0.05) is 28.0 Å². The number of carbonyl (C=O) groups excluding carboxylic acids is 1. The number of methoxy groups -OCH3 is 1. The van der Waals surface area contributed by atoms with E-state index >= 15 is 0 Å². The predicted molar refractivity (Wildman–Crippen MR) is 157 cm³/mol. The van der Waals surface area contributed by atoms with Crippen LogP contribution in [-0.4, -0.2) is 49.9 Å². The molecule has 0 radical (unpaired) electrons. The topological polar surface area (TPSA) is 131 Å². The lowest BCUT2D eigenvalue weighted by molar-refractivity contribution is -0.121. The predicted octanol–water partition coefficient (Wildman–Crippen LogP) is 4.08. The van der Waals surface area contributed by atoms with E-state index in [4.69, 9.17) is 10.5 Å². The number of aliphatic hydroxyl groups excluding tert-OH is 1. The molecule has 0 spiro atoms. The monoisotopic (exact) mass is 556 g/mol. The van der Waals surface area contributed by atoms with Gasteiger partial charge in [-0.25, -0.2) is 0 Å². The molecule has 10 heteroatoms. The SMILES string of the molecule is COc1ccc(-n2c(SC[C@@H](N)O)nnc2[C@H](Cc2ccccc2)NC(=O)Cc2c(C)[nH]c3ccccc23)cc1. The smallest absolute Gasteiger partial charge is 0.225 e. The number of aromatic amines is 1. The van der Waals surface area contributed by atoms with Crippen molar-refractivity contribution in [2.45, 2.75) is 37.2 Å². The number of thioether (sulfide) groups is 1. The number of aryl methyl sites for hydroxylation is 1. The van der Waals surface area contributed by atoms with Crippen LogP contribution in [0.25, 0.3) is 16.6 Å². The highest BCUT2D eigenvalue weighted by Gasteiger charge is 2.26. The normalized spacial score (nSPS) is 12.8. The lowest BCUT2D eigenvalue weighted by atomic mass is 10.0. The van der Waals surface area contributed by atoms with Crippen molar-refractivity contribution in [3.05, 3.63) is 102 Å². The van der Waals surface area contributed by atoms with Crippen molar-refractivity contribution in [2.75, 3.05) is 12.9 Å². The first-order valence-corrected chi connectivity index (χ1v) is 14.0. The summed E-state index contributed by atoms with van der Waals surface area (Å²) in [5, 5.41) is 23.5. The number of ether oxygens (including phenoxy) is 1. The van der Waals surface area contributed by atoms with Crippen LogP contribution in [0.3, 0.4) is 0 Å². The Morgan fingerprint density at radius 1 is 1.07 bits per heavy atom. The van der Waals surface area contributed by atoms with Gasteiger partial charge in [0.2, 0.25) is 5.91 Å². The van der Waals surface area contributed by atoms with E-state index in [2.05, 4.69) is 20.5 Å². The quantitative estimate of drug-likeness (QED) is 0.142. The molecule has 40 heavy (non-hydrogen) atoms. The molecule has 0 aliphatic rings. The number of hydrogen-bond donors (Lipinski definition) is 4. The third-order valence-electron chi connectivity index (χ3n) is 6.67. The Morgan fingerprint density at radius 2 is 1.80 bits per heavy atom. The highest BCUT2D eigenvalue weighted by molar-refractivity contribution is 7.99. The van der Waals surface area contributed by atoms with Crippen LogP contribution < -0.4 is 15.8 Å². The number of benzene rings is 3. The van der Waals surface area contributed by atoms with E-state index in [1.807, 2.05) is 90.4 Å². The van der Waals surface area contributed by atoms with Crippen molar-refractivity contribution < 1.29 is 14.6 Å². The number of nitrogens with two attached hydrogens (primary N) is 1. The number of amides is 1. The van der Waals surface area contributed by atoms with E-state index in [1.54, 1.807) is 7.11 Å². The average Bonchev–Trinajstić information content (AvgIpc) is 3.53. The first-order valence-electron chi connectivity index (χ1n) is 13.0. The fourth-order valence-electron chi connectivity index (χ4n) is 4.76. The zero-order valence-corrected chi connectivity index (χ0v) is 23.2. The van der Waals surface area contributed by atoms with Crippen LogP contribution in [0.1, 0.15) is 28.7 Å². The molecule has 2 aromatic heterocycles. The number of hydrogen-bond acceptors (Lipinski definition) is 7. The molecule has 0 aliphatic carbocycles. The van der Waals surface area contributed by atoms with E-state index in [-0.39, 0.29) is 18.1 Å². The number of H-pyrrole nitrogens is 1. The minimum Gasteiger partial charge on any atom is -0.497 e. The summed E-state index contributed by atoms with van der Waals surface area (Å²) in [5.41, 5.74) is 10.4. The van der Waals surface area contributed by atoms with Crippen molar-refractivity contribution in [2.24, 2.45) is 5.73 Å². The second-order valence-electron chi connectivity index (χ2n) is 9.51.